The highest BCUT2D eigenvalue weighted by molar-refractivity contribution is 5.95. The Balaban J connectivity index is 0.000000370. The van der Waals surface area contributed by atoms with E-state index in [4.69, 9.17) is 9.47 Å². The predicted octanol–water partition coefficient (Wildman–Crippen LogP) is 6.65. The zero-order valence-electron chi connectivity index (χ0n) is 23.8. The second kappa shape index (κ2) is 13.6. The van der Waals surface area contributed by atoms with Crippen LogP contribution in [0, 0.1) is 12.3 Å². The molecule has 3 aromatic carbocycles. The molecule has 0 N–H and O–H groups in total. The van der Waals surface area contributed by atoms with Crippen LogP contribution >= 0.6 is 0 Å². The molecule has 1 saturated carbocycles. The van der Waals surface area contributed by atoms with Gasteiger partial charge in [0, 0.05) is 37.0 Å². The van der Waals surface area contributed by atoms with Crippen LogP contribution < -0.4 is 9.47 Å². The summed E-state index contributed by atoms with van der Waals surface area (Å²) in [4.78, 5) is 29.3. The predicted molar refractivity (Wildman–Crippen MR) is 162 cm³/mol. The van der Waals surface area contributed by atoms with Gasteiger partial charge in [-0.25, -0.2) is 0 Å². The van der Waals surface area contributed by atoms with Gasteiger partial charge >= 0.3 is 0 Å². The largest absolute Gasteiger partial charge is 0.454 e. The van der Waals surface area contributed by atoms with Crippen molar-refractivity contribution in [1.82, 2.24) is 9.80 Å². The average molecular weight is 545 g/mol. The Labute approximate surface area is 239 Å². The van der Waals surface area contributed by atoms with Crippen molar-refractivity contribution in [3.8, 4) is 22.6 Å². The van der Waals surface area contributed by atoms with Crippen molar-refractivity contribution in [3.05, 3.63) is 83.4 Å². The molecule has 1 aliphatic carbocycles. The first kappa shape index (κ1) is 30.9. The maximum atomic E-state index is 12.8. The molecular weight excluding hydrogens is 500 g/mol. The minimum atomic E-state index is -0.0925. The second-order valence-electron chi connectivity index (χ2n) is 10.9. The molecule has 6 nitrogen and oxygen atoms in total. The summed E-state index contributed by atoms with van der Waals surface area (Å²) in [5.74, 6) is 2.10. The topological polar surface area (TPSA) is 59.1 Å². The second-order valence-corrected chi connectivity index (χ2v) is 10.9. The van der Waals surface area contributed by atoms with E-state index in [9.17, 15) is 9.59 Å². The molecule has 0 saturated heterocycles. The molecule has 1 amide bonds. The van der Waals surface area contributed by atoms with Gasteiger partial charge in [0.2, 0.25) is 6.79 Å². The van der Waals surface area contributed by atoms with Crippen molar-refractivity contribution in [2.75, 3.05) is 40.5 Å². The average Bonchev–Trinajstić information content (AvgIpc) is 3.51. The van der Waals surface area contributed by atoms with Gasteiger partial charge in [-0.1, -0.05) is 56.8 Å². The molecule has 0 aromatic heterocycles. The summed E-state index contributed by atoms with van der Waals surface area (Å²) in [5.41, 5.74) is 5.06. The van der Waals surface area contributed by atoms with Crippen LogP contribution in [0.15, 0.2) is 66.7 Å². The van der Waals surface area contributed by atoms with Crippen molar-refractivity contribution in [2.45, 2.75) is 47.5 Å². The fourth-order valence-corrected chi connectivity index (χ4v) is 4.50. The number of benzene rings is 3. The molecule has 1 aliphatic heterocycles. The van der Waals surface area contributed by atoms with Crippen LogP contribution in [0.5, 0.6) is 11.5 Å². The number of ether oxygens (including phenoxy) is 2. The molecule has 1 heterocycles. The molecule has 40 heavy (non-hydrogen) atoms. The van der Waals surface area contributed by atoms with Gasteiger partial charge in [0.15, 0.2) is 11.5 Å². The summed E-state index contributed by atoms with van der Waals surface area (Å²) in [6, 6.07) is 21.8. The maximum Gasteiger partial charge on any atom is 0.253 e. The Morgan fingerprint density at radius 1 is 0.900 bits per heavy atom. The number of para-hydroxylation sites is 2. The smallest absolute Gasteiger partial charge is 0.253 e. The third kappa shape index (κ3) is 7.72. The number of carbonyl (C=O) groups excluding carboxylic acids is 2. The maximum absolute atomic E-state index is 12.8. The summed E-state index contributed by atoms with van der Waals surface area (Å²) in [7, 11) is 4.03. The van der Waals surface area contributed by atoms with E-state index >= 15 is 0 Å². The van der Waals surface area contributed by atoms with Crippen molar-refractivity contribution >= 4 is 11.7 Å². The summed E-state index contributed by atoms with van der Waals surface area (Å²) in [6.45, 7) is 8.79. The number of ketones is 1. The summed E-state index contributed by atoms with van der Waals surface area (Å²) >= 11 is 0. The lowest BCUT2D eigenvalue weighted by Gasteiger charge is -2.23. The first-order valence-electron chi connectivity index (χ1n) is 13.7. The highest BCUT2D eigenvalue weighted by Crippen LogP contribution is 2.46. The third-order valence-corrected chi connectivity index (χ3v) is 7.55. The number of hydrogen-bond acceptors (Lipinski definition) is 5. The van der Waals surface area contributed by atoms with Gasteiger partial charge < -0.3 is 19.3 Å². The van der Waals surface area contributed by atoms with Crippen LogP contribution in [0.3, 0.4) is 0 Å². The van der Waals surface area contributed by atoms with Crippen LogP contribution in [0.2, 0.25) is 0 Å². The molecule has 2 aliphatic rings. The van der Waals surface area contributed by atoms with Crippen LogP contribution in [-0.2, 0) is 11.2 Å². The fraction of sp³-hybridized carbons (Fsp3) is 0.412. The highest BCUT2D eigenvalue weighted by atomic mass is 16.7. The summed E-state index contributed by atoms with van der Waals surface area (Å²) in [6.07, 6.45) is 2.53. The van der Waals surface area contributed by atoms with Gasteiger partial charge in [-0.2, -0.15) is 0 Å². The number of amides is 1. The molecule has 0 unspecified atom stereocenters. The van der Waals surface area contributed by atoms with Crippen molar-refractivity contribution in [3.63, 3.8) is 0 Å². The lowest BCUT2D eigenvalue weighted by molar-refractivity contribution is -0.122. The van der Waals surface area contributed by atoms with Crippen molar-refractivity contribution in [1.29, 1.82) is 0 Å². The van der Waals surface area contributed by atoms with Crippen LogP contribution in [0.4, 0.5) is 0 Å². The molecular formula is C34H44N2O4. The molecule has 0 radical (unpaired) electrons. The van der Waals surface area contributed by atoms with E-state index in [0.717, 1.165) is 54.1 Å². The molecule has 6 heteroatoms. The van der Waals surface area contributed by atoms with Crippen molar-refractivity contribution in [2.24, 2.45) is 5.41 Å². The normalized spacial score (nSPS) is 14.1. The zero-order valence-corrected chi connectivity index (χ0v) is 23.8. The van der Waals surface area contributed by atoms with E-state index in [1.54, 1.807) is 0 Å². The first-order chi connectivity index (χ1) is 18.7. The number of fused-ring (bicyclic) bond motifs is 1. The van der Waals surface area contributed by atoms with E-state index in [1.807, 2.05) is 74.4 Å². The molecule has 214 valence electrons. The minimum Gasteiger partial charge on any atom is -0.454 e. The molecule has 0 bridgehead atoms. The lowest BCUT2D eigenvalue weighted by atomic mass is 9.92. The number of rotatable bonds is 9. The quantitative estimate of drug-likeness (QED) is 0.302. The van der Waals surface area contributed by atoms with Gasteiger partial charge in [-0.05, 0) is 87.3 Å². The third-order valence-electron chi connectivity index (χ3n) is 7.55. The van der Waals surface area contributed by atoms with Gasteiger partial charge in [0.25, 0.3) is 5.91 Å². The van der Waals surface area contributed by atoms with E-state index in [2.05, 4.69) is 36.9 Å². The standard InChI is InChI=1S/C26H34N2O2.C7H6O2.CH4/c1-6-28(16-15-27(4)5)25(30)22-11-9-21(10-12-22)23-17-20(8-7-19(23)2)18-24(29)26(3)13-14-26;1-2-4-7-6(3-1)8-5-9-7;/h7-12,17H,6,13-16,18H2,1-5H3;1-4H,5H2;1H4. The molecule has 5 rings (SSSR count). The number of hydrogen-bond donors (Lipinski definition) is 0. The summed E-state index contributed by atoms with van der Waals surface area (Å²) in [5, 5.41) is 0. The fourth-order valence-electron chi connectivity index (χ4n) is 4.50. The van der Waals surface area contributed by atoms with Gasteiger partial charge in [-0.15, -0.1) is 0 Å². The Hall–Kier alpha value is -3.64. The number of carbonyl (C=O) groups is 2. The van der Waals surface area contributed by atoms with E-state index in [0.29, 0.717) is 31.1 Å². The van der Waals surface area contributed by atoms with Gasteiger partial charge in [0.1, 0.15) is 5.78 Å². The first-order valence-corrected chi connectivity index (χ1v) is 13.7. The van der Waals surface area contributed by atoms with E-state index in [-0.39, 0.29) is 18.7 Å². The number of Topliss-reactive ketones (excluding diaryl/α,β-unsaturated/α-hetero) is 1. The Morgan fingerprint density at radius 3 is 2.08 bits per heavy atom. The molecule has 0 atom stereocenters. The van der Waals surface area contributed by atoms with E-state index < -0.39 is 0 Å². The minimum absolute atomic E-state index is 0. The Bertz CT molecular complexity index is 1270. The van der Waals surface area contributed by atoms with Crippen LogP contribution in [0.1, 0.15) is 55.6 Å². The Kier molecular flexibility index (Phi) is 10.5. The highest BCUT2D eigenvalue weighted by Gasteiger charge is 2.43. The van der Waals surface area contributed by atoms with E-state index in [1.165, 1.54) is 5.56 Å². The van der Waals surface area contributed by atoms with Crippen LogP contribution in [0.25, 0.3) is 11.1 Å². The van der Waals surface area contributed by atoms with Crippen molar-refractivity contribution < 1.29 is 19.1 Å². The number of likely N-dealkylation sites (N-methyl/N-ethyl adjacent to an activating group) is 2. The number of aryl methyl sites for hydroxylation is 1. The lowest BCUT2D eigenvalue weighted by Crippen LogP contribution is -2.36. The molecule has 0 spiro atoms. The van der Waals surface area contributed by atoms with Crippen LogP contribution in [-0.4, -0.2) is 62.0 Å². The monoisotopic (exact) mass is 544 g/mol. The van der Waals surface area contributed by atoms with Gasteiger partial charge in [-0.3, -0.25) is 9.59 Å². The molecule has 3 aromatic rings. The molecule has 1 fully saturated rings. The number of nitrogens with zero attached hydrogens (tertiary/aromatic N) is 2. The Morgan fingerprint density at radius 2 is 1.52 bits per heavy atom. The summed E-state index contributed by atoms with van der Waals surface area (Å²) < 4.78 is 10.2. The van der Waals surface area contributed by atoms with Gasteiger partial charge in [0.05, 0.1) is 0 Å². The SMILES string of the molecule is C.CCN(CCN(C)C)C(=O)c1ccc(-c2cc(CC(=O)C3(C)CC3)ccc2C)cc1.c1ccc2c(c1)OCO2. The zero-order chi connectivity index (χ0) is 28.0.